The molecule has 0 amide bonds. The predicted octanol–water partition coefficient (Wildman–Crippen LogP) is 2.72. The molecule has 1 aromatic rings. The summed E-state index contributed by atoms with van der Waals surface area (Å²) in [5, 5.41) is 3.36. The highest BCUT2D eigenvalue weighted by Crippen LogP contribution is 2.08. The highest BCUT2D eigenvalue weighted by Gasteiger charge is 2.16. The van der Waals surface area contributed by atoms with Crippen molar-refractivity contribution in [1.82, 2.24) is 20.0 Å². The Hall–Kier alpha value is -0.930. The molecule has 1 aromatic carbocycles. The first kappa shape index (κ1) is 24.1. The van der Waals surface area contributed by atoms with Crippen LogP contribution in [0.25, 0.3) is 0 Å². The highest BCUT2D eigenvalue weighted by atomic mass is 127. The third kappa shape index (κ3) is 8.74. The molecule has 5 nitrogen and oxygen atoms in total. The van der Waals surface area contributed by atoms with E-state index in [1.807, 2.05) is 19.2 Å². The fourth-order valence-electron chi connectivity index (χ4n) is 3.18. The summed E-state index contributed by atoms with van der Waals surface area (Å²) in [6.45, 7) is 12.4. The zero-order valence-corrected chi connectivity index (χ0v) is 19.4. The molecule has 1 atom stereocenters. The molecule has 154 valence electrons. The van der Waals surface area contributed by atoms with Crippen molar-refractivity contribution in [2.24, 2.45) is 10.9 Å². The number of likely N-dealkylation sites (N-methyl/N-ethyl adjacent to an activating group) is 1. The Morgan fingerprint density at radius 3 is 2.44 bits per heavy atom. The van der Waals surface area contributed by atoms with Gasteiger partial charge in [-0.25, -0.2) is 4.39 Å². The van der Waals surface area contributed by atoms with Crippen LogP contribution in [0, 0.1) is 11.7 Å². The monoisotopic (exact) mass is 491 g/mol. The summed E-state index contributed by atoms with van der Waals surface area (Å²) in [6, 6.07) is 6.66. The van der Waals surface area contributed by atoms with Gasteiger partial charge in [0.2, 0.25) is 0 Å². The fraction of sp³-hybridized carbons (Fsp3) is 0.650. The second-order valence-electron chi connectivity index (χ2n) is 7.39. The molecule has 1 saturated heterocycles. The zero-order valence-electron chi connectivity index (χ0n) is 17.1. The number of nitrogens with one attached hydrogen (secondary N) is 1. The highest BCUT2D eigenvalue weighted by molar-refractivity contribution is 14.0. The van der Waals surface area contributed by atoms with E-state index < -0.39 is 0 Å². The summed E-state index contributed by atoms with van der Waals surface area (Å²) < 4.78 is 13.1. The normalized spacial score (nSPS) is 17.3. The van der Waals surface area contributed by atoms with Gasteiger partial charge in [0.25, 0.3) is 0 Å². The van der Waals surface area contributed by atoms with Crippen LogP contribution in [0.5, 0.6) is 0 Å². The smallest absolute Gasteiger partial charge is 0.193 e. The van der Waals surface area contributed by atoms with Crippen molar-refractivity contribution in [2.75, 3.05) is 59.9 Å². The maximum Gasteiger partial charge on any atom is 0.193 e. The number of aliphatic imine (C=N–C) groups is 1. The Morgan fingerprint density at radius 2 is 1.85 bits per heavy atom. The van der Waals surface area contributed by atoms with E-state index in [1.54, 1.807) is 0 Å². The summed E-state index contributed by atoms with van der Waals surface area (Å²) in [5.41, 5.74) is 1.07. The van der Waals surface area contributed by atoms with Crippen LogP contribution in [-0.2, 0) is 6.54 Å². The van der Waals surface area contributed by atoms with E-state index in [0.29, 0.717) is 12.5 Å². The van der Waals surface area contributed by atoms with E-state index in [4.69, 9.17) is 4.99 Å². The van der Waals surface area contributed by atoms with E-state index in [9.17, 15) is 4.39 Å². The fourth-order valence-corrected chi connectivity index (χ4v) is 3.18. The average Bonchev–Trinajstić information content (AvgIpc) is 2.62. The van der Waals surface area contributed by atoms with Crippen LogP contribution in [0.15, 0.2) is 29.3 Å². The maximum absolute atomic E-state index is 13.1. The summed E-state index contributed by atoms with van der Waals surface area (Å²) in [4.78, 5) is 11.8. The maximum atomic E-state index is 13.1. The number of hydrogen-bond donors (Lipinski definition) is 1. The second kappa shape index (κ2) is 12.5. The van der Waals surface area contributed by atoms with Crippen LogP contribution in [0.1, 0.15) is 19.4 Å². The van der Waals surface area contributed by atoms with Gasteiger partial charge in [-0.15, -0.1) is 24.0 Å². The number of guanidine groups is 1. The Labute approximate surface area is 181 Å². The molecule has 0 saturated carbocycles. The third-order valence-electron chi connectivity index (χ3n) is 4.75. The summed E-state index contributed by atoms with van der Waals surface area (Å²) in [6.07, 6.45) is 0. The van der Waals surface area contributed by atoms with Gasteiger partial charge in [-0.3, -0.25) is 4.99 Å². The van der Waals surface area contributed by atoms with Crippen LogP contribution in [-0.4, -0.2) is 80.6 Å². The molecule has 1 aliphatic rings. The first-order chi connectivity index (χ1) is 12.5. The number of nitrogens with zero attached hydrogens (tertiary/aromatic N) is 4. The van der Waals surface area contributed by atoms with Gasteiger partial charge in [-0.1, -0.05) is 19.1 Å². The van der Waals surface area contributed by atoms with Gasteiger partial charge in [-0.05, 0) is 37.6 Å². The first-order valence-electron chi connectivity index (χ1n) is 9.62. The van der Waals surface area contributed by atoms with Crippen LogP contribution in [0.3, 0.4) is 0 Å². The molecule has 1 heterocycles. The molecule has 0 radical (unpaired) electrons. The van der Waals surface area contributed by atoms with Crippen molar-refractivity contribution in [3.05, 3.63) is 35.6 Å². The van der Waals surface area contributed by atoms with Crippen molar-refractivity contribution in [3.63, 3.8) is 0 Å². The first-order valence-corrected chi connectivity index (χ1v) is 9.62. The molecule has 2 rings (SSSR count). The Bertz CT molecular complexity index is 558. The Balaban J connectivity index is 0.00000364. The summed E-state index contributed by atoms with van der Waals surface area (Å²) in [5.74, 6) is 1.23. The van der Waals surface area contributed by atoms with Crippen molar-refractivity contribution >= 4 is 29.9 Å². The van der Waals surface area contributed by atoms with E-state index >= 15 is 0 Å². The molecule has 0 aromatic heterocycles. The standard InChI is InChI=1S/C20H34FN5.HI/c1-5-22-20(25(4)16-18-6-8-19(21)9-7-18)23-14-17(2)15-26-12-10-24(3)11-13-26;/h6-9,17H,5,10-16H2,1-4H3,(H,22,23);1H. The largest absolute Gasteiger partial charge is 0.357 e. The number of benzene rings is 1. The quantitative estimate of drug-likeness (QED) is 0.362. The minimum Gasteiger partial charge on any atom is -0.357 e. The van der Waals surface area contributed by atoms with Gasteiger partial charge < -0.3 is 20.0 Å². The molecule has 0 spiro atoms. The Kier molecular flexibility index (Phi) is 11.2. The number of hydrogen-bond acceptors (Lipinski definition) is 3. The average molecular weight is 491 g/mol. The molecule has 7 heteroatoms. The molecule has 0 bridgehead atoms. The molecule has 27 heavy (non-hydrogen) atoms. The third-order valence-corrected chi connectivity index (χ3v) is 4.75. The van der Waals surface area contributed by atoms with Gasteiger partial charge in [0.15, 0.2) is 5.96 Å². The van der Waals surface area contributed by atoms with Gasteiger partial charge in [-0.2, -0.15) is 0 Å². The lowest BCUT2D eigenvalue weighted by molar-refractivity contribution is 0.140. The number of halogens is 2. The van der Waals surface area contributed by atoms with Gasteiger partial charge in [0.1, 0.15) is 5.82 Å². The second-order valence-corrected chi connectivity index (χ2v) is 7.39. The molecular formula is C20H35FIN5. The van der Waals surface area contributed by atoms with Crippen molar-refractivity contribution in [2.45, 2.75) is 20.4 Å². The topological polar surface area (TPSA) is 34.1 Å². The SMILES string of the molecule is CCNC(=NCC(C)CN1CCN(C)CC1)N(C)Cc1ccc(F)cc1.I. The molecule has 0 aliphatic carbocycles. The minimum absolute atomic E-state index is 0. The Morgan fingerprint density at radius 1 is 1.22 bits per heavy atom. The molecule has 1 aliphatic heterocycles. The molecule has 1 unspecified atom stereocenters. The van der Waals surface area contributed by atoms with Crippen LogP contribution in [0.4, 0.5) is 4.39 Å². The summed E-state index contributed by atoms with van der Waals surface area (Å²) >= 11 is 0. The van der Waals surface area contributed by atoms with Crippen molar-refractivity contribution in [1.29, 1.82) is 0 Å². The minimum atomic E-state index is -0.199. The van der Waals surface area contributed by atoms with E-state index in [1.165, 1.54) is 12.1 Å². The van der Waals surface area contributed by atoms with E-state index in [-0.39, 0.29) is 29.8 Å². The van der Waals surface area contributed by atoms with Crippen LogP contribution < -0.4 is 5.32 Å². The molecule has 1 N–H and O–H groups in total. The van der Waals surface area contributed by atoms with Gasteiger partial charge in [0, 0.05) is 59.4 Å². The predicted molar refractivity (Wildman–Crippen MR) is 122 cm³/mol. The summed E-state index contributed by atoms with van der Waals surface area (Å²) in [7, 11) is 4.21. The molecular weight excluding hydrogens is 456 g/mol. The van der Waals surface area contributed by atoms with Gasteiger partial charge >= 0.3 is 0 Å². The lowest BCUT2D eigenvalue weighted by atomic mass is 10.1. The number of rotatable bonds is 7. The van der Waals surface area contributed by atoms with Gasteiger partial charge in [0.05, 0.1) is 0 Å². The van der Waals surface area contributed by atoms with Crippen LogP contribution in [0.2, 0.25) is 0 Å². The molecule has 1 fully saturated rings. The van der Waals surface area contributed by atoms with Crippen LogP contribution >= 0.6 is 24.0 Å². The lowest BCUT2D eigenvalue weighted by Crippen LogP contribution is -2.46. The lowest BCUT2D eigenvalue weighted by Gasteiger charge is -2.33. The van der Waals surface area contributed by atoms with E-state index in [2.05, 4.69) is 40.9 Å². The van der Waals surface area contributed by atoms with E-state index in [0.717, 1.165) is 57.3 Å². The van der Waals surface area contributed by atoms with Crippen molar-refractivity contribution in [3.8, 4) is 0 Å². The number of piperazine rings is 1. The van der Waals surface area contributed by atoms with Crippen molar-refractivity contribution < 1.29 is 4.39 Å². The zero-order chi connectivity index (χ0) is 18.9.